The SMILES string of the molecule is CN=C(NCc1cc(C(C)C)no1)Nc1ccc(OC)c(OC)c1. The summed E-state index contributed by atoms with van der Waals surface area (Å²) >= 11 is 0. The minimum atomic E-state index is 0.340. The van der Waals surface area contributed by atoms with E-state index in [-0.39, 0.29) is 0 Å². The molecule has 0 saturated heterocycles. The predicted molar refractivity (Wildman–Crippen MR) is 94.0 cm³/mol. The highest BCUT2D eigenvalue weighted by molar-refractivity contribution is 5.93. The molecule has 0 amide bonds. The number of methoxy groups -OCH3 is 2. The molecular formula is C17H24N4O3. The van der Waals surface area contributed by atoms with E-state index >= 15 is 0 Å². The van der Waals surface area contributed by atoms with E-state index in [2.05, 4.69) is 34.6 Å². The molecule has 2 N–H and O–H groups in total. The Balaban J connectivity index is 1.99. The Bertz CT molecular complexity index is 695. The summed E-state index contributed by atoms with van der Waals surface area (Å²) in [6.07, 6.45) is 0. The maximum Gasteiger partial charge on any atom is 0.195 e. The molecule has 0 unspecified atom stereocenters. The quantitative estimate of drug-likeness (QED) is 0.625. The van der Waals surface area contributed by atoms with E-state index in [9.17, 15) is 0 Å². The average molecular weight is 332 g/mol. The fraction of sp³-hybridized carbons (Fsp3) is 0.412. The van der Waals surface area contributed by atoms with Gasteiger partial charge in [-0.05, 0) is 18.1 Å². The lowest BCUT2D eigenvalue weighted by molar-refractivity contribution is 0.355. The van der Waals surface area contributed by atoms with Crippen molar-refractivity contribution in [1.29, 1.82) is 0 Å². The van der Waals surface area contributed by atoms with E-state index < -0.39 is 0 Å². The van der Waals surface area contributed by atoms with Crippen molar-refractivity contribution in [3.8, 4) is 11.5 Å². The first-order valence-corrected chi connectivity index (χ1v) is 7.72. The topological polar surface area (TPSA) is 80.9 Å². The number of guanidine groups is 1. The van der Waals surface area contributed by atoms with Crippen molar-refractivity contribution >= 4 is 11.6 Å². The fourth-order valence-electron chi connectivity index (χ4n) is 2.09. The Morgan fingerprint density at radius 3 is 2.54 bits per heavy atom. The molecule has 1 aromatic heterocycles. The van der Waals surface area contributed by atoms with Gasteiger partial charge in [-0.3, -0.25) is 4.99 Å². The van der Waals surface area contributed by atoms with E-state index in [1.165, 1.54) is 0 Å². The molecule has 130 valence electrons. The van der Waals surface area contributed by atoms with Gasteiger partial charge in [-0.25, -0.2) is 0 Å². The molecule has 24 heavy (non-hydrogen) atoms. The van der Waals surface area contributed by atoms with Crippen LogP contribution in [-0.4, -0.2) is 32.4 Å². The zero-order chi connectivity index (χ0) is 17.5. The number of hydrogen-bond donors (Lipinski definition) is 2. The molecular weight excluding hydrogens is 308 g/mol. The molecule has 0 spiro atoms. The molecule has 0 radical (unpaired) electrons. The van der Waals surface area contributed by atoms with E-state index in [1.54, 1.807) is 21.3 Å². The Kier molecular flexibility index (Phi) is 6.06. The van der Waals surface area contributed by atoms with Gasteiger partial charge in [0.2, 0.25) is 0 Å². The monoisotopic (exact) mass is 332 g/mol. The van der Waals surface area contributed by atoms with Gasteiger partial charge in [-0.2, -0.15) is 0 Å². The second kappa shape index (κ2) is 8.24. The summed E-state index contributed by atoms with van der Waals surface area (Å²) in [5, 5.41) is 10.4. The lowest BCUT2D eigenvalue weighted by Gasteiger charge is -2.13. The number of rotatable bonds is 6. The number of benzene rings is 1. The normalized spacial score (nSPS) is 11.5. The standard InChI is InChI=1S/C17H24N4O3/c1-11(2)14-9-13(24-21-14)10-19-17(18-3)20-12-6-7-15(22-4)16(8-12)23-5/h6-9,11H,10H2,1-5H3,(H2,18,19,20). The number of hydrogen-bond acceptors (Lipinski definition) is 5. The predicted octanol–water partition coefficient (Wildman–Crippen LogP) is 3.00. The van der Waals surface area contributed by atoms with Crippen LogP contribution in [0.4, 0.5) is 5.69 Å². The van der Waals surface area contributed by atoms with Crippen molar-refractivity contribution in [3.63, 3.8) is 0 Å². The lowest BCUT2D eigenvalue weighted by atomic mass is 10.1. The Morgan fingerprint density at radius 2 is 1.96 bits per heavy atom. The van der Waals surface area contributed by atoms with Crippen LogP contribution in [0.5, 0.6) is 11.5 Å². The third-order valence-electron chi connectivity index (χ3n) is 3.47. The van der Waals surface area contributed by atoms with Crippen LogP contribution in [0.3, 0.4) is 0 Å². The van der Waals surface area contributed by atoms with Gasteiger partial charge >= 0.3 is 0 Å². The van der Waals surface area contributed by atoms with Crippen molar-refractivity contribution in [3.05, 3.63) is 35.7 Å². The smallest absolute Gasteiger partial charge is 0.195 e. The van der Waals surface area contributed by atoms with Crippen molar-refractivity contribution in [1.82, 2.24) is 10.5 Å². The van der Waals surface area contributed by atoms with E-state index in [0.29, 0.717) is 29.9 Å². The zero-order valence-electron chi connectivity index (χ0n) is 14.7. The maximum absolute atomic E-state index is 5.31. The molecule has 0 bridgehead atoms. The third kappa shape index (κ3) is 4.41. The highest BCUT2D eigenvalue weighted by atomic mass is 16.5. The summed E-state index contributed by atoms with van der Waals surface area (Å²) in [5.41, 5.74) is 1.77. The Labute approximate surface area is 142 Å². The molecule has 0 aliphatic carbocycles. The van der Waals surface area contributed by atoms with Gasteiger partial charge < -0.3 is 24.6 Å². The highest BCUT2D eigenvalue weighted by Crippen LogP contribution is 2.29. The van der Waals surface area contributed by atoms with Gasteiger partial charge in [0.15, 0.2) is 23.2 Å². The third-order valence-corrected chi connectivity index (χ3v) is 3.47. The largest absolute Gasteiger partial charge is 0.493 e. The highest BCUT2D eigenvalue weighted by Gasteiger charge is 2.09. The molecule has 0 atom stereocenters. The summed E-state index contributed by atoms with van der Waals surface area (Å²) in [6, 6.07) is 7.51. The molecule has 1 aromatic carbocycles. The van der Waals surface area contributed by atoms with Crippen LogP contribution in [0.1, 0.15) is 31.2 Å². The summed E-state index contributed by atoms with van der Waals surface area (Å²) in [7, 11) is 4.91. The Morgan fingerprint density at radius 1 is 1.21 bits per heavy atom. The summed E-state index contributed by atoms with van der Waals surface area (Å²) < 4.78 is 15.8. The first-order valence-electron chi connectivity index (χ1n) is 7.72. The van der Waals surface area contributed by atoms with E-state index in [0.717, 1.165) is 17.1 Å². The number of aromatic nitrogens is 1. The molecule has 7 heteroatoms. The number of nitrogens with one attached hydrogen (secondary N) is 2. The summed E-state index contributed by atoms with van der Waals surface area (Å²) in [4.78, 5) is 4.20. The summed E-state index contributed by atoms with van der Waals surface area (Å²) in [5.74, 6) is 3.04. The summed E-state index contributed by atoms with van der Waals surface area (Å²) in [6.45, 7) is 4.64. The van der Waals surface area contributed by atoms with Crippen molar-refractivity contribution in [2.45, 2.75) is 26.3 Å². The fourth-order valence-corrected chi connectivity index (χ4v) is 2.09. The lowest BCUT2D eigenvalue weighted by Crippen LogP contribution is -2.30. The molecule has 1 heterocycles. The van der Waals surface area contributed by atoms with Gasteiger partial charge in [-0.15, -0.1) is 0 Å². The van der Waals surface area contributed by atoms with Crippen LogP contribution < -0.4 is 20.1 Å². The van der Waals surface area contributed by atoms with Crippen LogP contribution in [-0.2, 0) is 6.54 Å². The van der Waals surface area contributed by atoms with Crippen LogP contribution in [0, 0.1) is 0 Å². The first-order chi connectivity index (χ1) is 11.6. The van der Waals surface area contributed by atoms with Crippen LogP contribution in [0.15, 0.2) is 33.8 Å². The van der Waals surface area contributed by atoms with Gasteiger partial charge in [0.1, 0.15) is 0 Å². The van der Waals surface area contributed by atoms with Crippen LogP contribution in [0.25, 0.3) is 0 Å². The van der Waals surface area contributed by atoms with Gasteiger partial charge in [0.05, 0.1) is 26.5 Å². The van der Waals surface area contributed by atoms with Crippen molar-refractivity contribution < 1.29 is 14.0 Å². The second-order valence-electron chi connectivity index (χ2n) is 5.49. The minimum Gasteiger partial charge on any atom is -0.493 e. The molecule has 2 aromatic rings. The van der Waals surface area contributed by atoms with Gasteiger partial charge in [0.25, 0.3) is 0 Å². The molecule has 0 fully saturated rings. The van der Waals surface area contributed by atoms with E-state index in [1.807, 2.05) is 24.3 Å². The van der Waals surface area contributed by atoms with Crippen LogP contribution >= 0.6 is 0 Å². The van der Waals surface area contributed by atoms with Gasteiger partial charge in [0, 0.05) is 24.9 Å². The minimum absolute atomic E-state index is 0.340. The molecule has 0 saturated carbocycles. The molecule has 7 nitrogen and oxygen atoms in total. The molecule has 0 aliphatic rings. The first kappa shape index (κ1) is 17.7. The van der Waals surface area contributed by atoms with E-state index in [4.69, 9.17) is 14.0 Å². The second-order valence-corrected chi connectivity index (χ2v) is 5.49. The number of ether oxygens (including phenoxy) is 2. The Hall–Kier alpha value is -2.70. The van der Waals surface area contributed by atoms with Crippen LogP contribution in [0.2, 0.25) is 0 Å². The molecule has 0 aliphatic heterocycles. The number of aliphatic imine (C=N–C) groups is 1. The number of anilines is 1. The average Bonchev–Trinajstić information content (AvgIpc) is 3.07. The maximum atomic E-state index is 5.31. The van der Waals surface area contributed by atoms with Crippen molar-refractivity contribution in [2.24, 2.45) is 4.99 Å². The van der Waals surface area contributed by atoms with Crippen molar-refractivity contribution in [2.75, 3.05) is 26.6 Å². The number of nitrogens with zero attached hydrogens (tertiary/aromatic N) is 2. The van der Waals surface area contributed by atoms with Gasteiger partial charge in [-0.1, -0.05) is 19.0 Å². The molecule has 2 rings (SSSR count). The zero-order valence-corrected chi connectivity index (χ0v) is 14.7.